The normalized spacial score (nSPS) is 24.9. The van der Waals surface area contributed by atoms with Crippen LogP contribution in [-0.4, -0.2) is 27.3 Å². The van der Waals surface area contributed by atoms with Crippen LogP contribution in [0.5, 0.6) is 0 Å². The minimum Gasteiger partial charge on any atom is -0.350 e. The van der Waals surface area contributed by atoms with Crippen molar-refractivity contribution in [3.05, 3.63) is 47.7 Å². The number of allylic oxidation sites excluding steroid dienone is 1. The molecule has 0 spiro atoms. The Morgan fingerprint density at radius 1 is 1.39 bits per heavy atom. The Kier molecular flexibility index (Phi) is 4.43. The second kappa shape index (κ2) is 6.21. The maximum atomic E-state index is 12.7. The first kappa shape index (κ1) is 16.4. The van der Waals surface area contributed by atoms with Crippen LogP contribution < -0.4 is 5.32 Å². The van der Waals surface area contributed by atoms with Crippen LogP contribution in [0.3, 0.4) is 0 Å². The third-order valence-corrected chi connectivity index (χ3v) is 5.45. The third kappa shape index (κ3) is 3.13. The Hall–Kier alpha value is -1.45. The number of nitrogens with zero attached hydrogens (tertiary/aromatic N) is 1. The lowest BCUT2D eigenvalue weighted by molar-refractivity contribution is 0.0933. The molecule has 0 bridgehead atoms. The minimum absolute atomic E-state index is 0.105. The molecule has 3 rings (SSSR count). The maximum Gasteiger partial charge on any atom is 0.253 e. The van der Waals surface area contributed by atoms with Gasteiger partial charge in [-0.25, -0.2) is 0 Å². The fraction of sp³-hybridized carbons (Fsp3) is 0.389. The van der Waals surface area contributed by atoms with Gasteiger partial charge in [0, 0.05) is 30.2 Å². The number of nitrogens with one attached hydrogen (secondary N) is 1. The van der Waals surface area contributed by atoms with E-state index in [2.05, 4.69) is 18.0 Å². The summed E-state index contributed by atoms with van der Waals surface area (Å²) in [4.78, 5) is 12.7. The molecule has 0 aliphatic heterocycles. The van der Waals surface area contributed by atoms with Crippen molar-refractivity contribution < 1.29 is 4.79 Å². The van der Waals surface area contributed by atoms with E-state index in [-0.39, 0.29) is 22.7 Å². The lowest BCUT2D eigenvalue weighted by Crippen LogP contribution is -2.45. The van der Waals surface area contributed by atoms with Crippen molar-refractivity contribution in [2.75, 3.05) is 0 Å². The van der Waals surface area contributed by atoms with Gasteiger partial charge in [0.05, 0.1) is 16.3 Å². The van der Waals surface area contributed by atoms with E-state index >= 15 is 0 Å². The Bertz CT molecular complexity index is 781. The zero-order valence-corrected chi connectivity index (χ0v) is 14.8. The Morgan fingerprint density at radius 2 is 2.13 bits per heavy atom. The van der Waals surface area contributed by atoms with Crippen molar-refractivity contribution in [3.63, 3.8) is 0 Å². The highest BCUT2D eigenvalue weighted by atomic mass is 35.5. The fourth-order valence-corrected chi connectivity index (χ4v) is 3.77. The van der Waals surface area contributed by atoms with Crippen LogP contribution in [-0.2, 0) is 7.05 Å². The Morgan fingerprint density at radius 3 is 2.87 bits per heavy atom. The van der Waals surface area contributed by atoms with Crippen molar-refractivity contribution in [2.45, 2.75) is 36.6 Å². The molecule has 0 radical (unpaired) electrons. The van der Waals surface area contributed by atoms with Gasteiger partial charge >= 0.3 is 0 Å². The SMILES string of the molecule is C=C1CC(Cl)C(NC(=O)c2cn(C)c3cc(C)ccc23)CC1Cl. The number of carbonyl (C=O) groups excluding carboxylic acids is 1. The van der Waals surface area contributed by atoms with Crippen LogP contribution in [0.2, 0.25) is 0 Å². The van der Waals surface area contributed by atoms with E-state index in [1.165, 1.54) is 5.56 Å². The van der Waals surface area contributed by atoms with Gasteiger partial charge in [-0.15, -0.1) is 23.2 Å². The summed E-state index contributed by atoms with van der Waals surface area (Å²) < 4.78 is 1.97. The zero-order chi connectivity index (χ0) is 16.7. The molecular formula is C18H20Cl2N2O. The maximum absolute atomic E-state index is 12.7. The average Bonchev–Trinajstić information content (AvgIpc) is 2.81. The van der Waals surface area contributed by atoms with Gasteiger partial charge in [-0.3, -0.25) is 4.79 Å². The topological polar surface area (TPSA) is 34.0 Å². The van der Waals surface area contributed by atoms with E-state index < -0.39 is 0 Å². The van der Waals surface area contributed by atoms with Crippen molar-refractivity contribution in [3.8, 4) is 0 Å². The third-order valence-electron chi connectivity index (χ3n) is 4.50. The number of benzene rings is 1. The quantitative estimate of drug-likeness (QED) is 0.640. The van der Waals surface area contributed by atoms with Gasteiger partial charge in [0.15, 0.2) is 0 Å². The van der Waals surface area contributed by atoms with Gasteiger partial charge in [0.2, 0.25) is 0 Å². The molecule has 2 aromatic rings. The van der Waals surface area contributed by atoms with Gasteiger partial charge in [0.25, 0.3) is 5.91 Å². The van der Waals surface area contributed by atoms with Gasteiger partial charge < -0.3 is 9.88 Å². The number of aromatic nitrogens is 1. The molecule has 1 aromatic carbocycles. The molecule has 1 aromatic heterocycles. The molecule has 1 heterocycles. The predicted molar refractivity (Wildman–Crippen MR) is 96.6 cm³/mol. The smallest absolute Gasteiger partial charge is 0.253 e. The molecule has 122 valence electrons. The summed E-state index contributed by atoms with van der Waals surface area (Å²) in [5.74, 6) is -0.105. The van der Waals surface area contributed by atoms with Crippen molar-refractivity contribution >= 4 is 40.0 Å². The van der Waals surface area contributed by atoms with Gasteiger partial charge in [0.1, 0.15) is 0 Å². The standard InChI is InChI=1S/C18H20Cl2N2O/c1-10-4-5-12-13(9-22(3)17(12)6-10)18(23)21-16-8-14(19)11(2)7-15(16)20/h4-6,9,14-16H,2,7-8H2,1,3H3,(H,21,23). The van der Waals surface area contributed by atoms with E-state index in [0.717, 1.165) is 16.5 Å². The van der Waals surface area contributed by atoms with Crippen LogP contribution in [0.1, 0.15) is 28.8 Å². The molecule has 1 N–H and O–H groups in total. The lowest BCUT2D eigenvalue weighted by atomic mass is 9.90. The molecule has 3 nitrogen and oxygen atoms in total. The highest BCUT2D eigenvalue weighted by Gasteiger charge is 2.32. The summed E-state index contributed by atoms with van der Waals surface area (Å²) in [5.41, 5.74) is 3.83. The van der Waals surface area contributed by atoms with Crippen molar-refractivity contribution in [1.82, 2.24) is 9.88 Å². The van der Waals surface area contributed by atoms with Gasteiger partial charge in [-0.2, -0.15) is 0 Å². The van der Waals surface area contributed by atoms with Crippen LogP contribution in [0.15, 0.2) is 36.5 Å². The van der Waals surface area contributed by atoms with E-state index in [4.69, 9.17) is 23.2 Å². The summed E-state index contributed by atoms with van der Waals surface area (Å²) in [6, 6.07) is 5.95. The highest BCUT2D eigenvalue weighted by molar-refractivity contribution is 6.24. The molecular weight excluding hydrogens is 331 g/mol. The van der Waals surface area contributed by atoms with Crippen molar-refractivity contribution in [2.24, 2.45) is 7.05 Å². The van der Waals surface area contributed by atoms with Crippen LogP contribution in [0.4, 0.5) is 0 Å². The number of carbonyl (C=O) groups is 1. The number of hydrogen-bond donors (Lipinski definition) is 1. The molecule has 23 heavy (non-hydrogen) atoms. The molecule has 1 aliphatic carbocycles. The van der Waals surface area contributed by atoms with Crippen molar-refractivity contribution in [1.29, 1.82) is 0 Å². The van der Waals surface area contributed by atoms with Gasteiger partial charge in [-0.05, 0) is 31.4 Å². The predicted octanol–water partition coefficient (Wildman–Crippen LogP) is 4.15. The second-order valence-corrected chi connectivity index (χ2v) is 7.42. The number of fused-ring (bicyclic) bond motifs is 1. The average molecular weight is 351 g/mol. The summed E-state index contributed by atoms with van der Waals surface area (Å²) in [7, 11) is 1.95. The summed E-state index contributed by atoms with van der Waals surface area (Å²) in [6.07, 6.45) is 3.11. The molecule has 1 fully saturated rings. The van der Waals surface area contributed by atoms with E-state index in [1.807, 2.05) is 36.9 Å². The fourth-order valence-electron chi connectivity index (χ4n) is 3.13. The molecule has 1 aliphatic rings. The molecule has 3 unspecified atom stereocenters. The number of rotatable bonds is 2. The largest absolute Gasteiger partial charge is 0.350 e. The summed E-state index contributed by atoms with van der Waals surface area (Å²) in [6.45, 7) is 5.98. The number of aryl methyl sites for hydroxylation is 2. The van der Waals surface area contributed by atoms with Crippen LogP contribution >= 0.6 is 23.2 Å². The summed E-state index contributed by atoms with van der Waals surface area (Å²) >= 11 is 12.6. The minimum atomic E-state index is -0.168. The lowest BCUT2D eigenvalue weighted by Gasteiger charge is -2.32. The molecule has 3 atom stereocenters. The molecule has 5 heteroatoms. The number of halogens is 2. The molecule has 1 saturated carbocycles. The Balaban J connectivity index is 1.85. The highest BCUT2D eigenvalue weighted by Crippen LogP contribution is 2.31. The Labute approximate surface area is 146 Å². The number of hydrogen-bond acceptors (Lipinski definition) is 1. The van der Waals surface area contributed by atoms with E-state index in [9.17, 15) is 4.79 Å². The van der Waals surface area contributed by atoms with E-state index in [0.29, 0.717) is 18.4 Å². The number of alkyl halides is 2. The summed E-state index contributed by atoms with van der Waals surface area (Å²) in [5, 5.41) is 3.69. The first-order valence-electron chi connectivity index (χ1n) is 7.69. The first-order chi connectivity index (χ1) is 10.9. The van der Waals surface area contributed by atoms with Gasteiger partial charge in [-0.1, -0.05) is 24.3 Å². The van der Waals surface area contributed by atoms with Crippen LogP contribution in [0.25, 0.3) is 10.9 Å². The second-order valence-electron chi connectivity index (χ2n) is 6.34. The first-order valence-corrected chi connectivity index (χ1v) is 8.56. The molecule has 1 amide bonds. The van der Waals surface area contributed by atoms with Crippen LogP contribution in [0, 0.1) is 6.92 Å². The monoisotopic (exact) mass is 350 g/mol. The van der Waals surface area contributed by atoms with E-state index in [1.54, 1.807) is 0 Å². The zero-order valence-electron chi connectivity index (χ0n) is 13.3. The molecule has 0 saturated heterocycles. The number of amides is 1.